The summed E-state index contributed by atoms with van der Waals surface area (Å²) < 4.78 is 13.1. The summed E-state index contributed by atoms with van der Waals surface area (Å²) in [7, 11) is 0. The molecule has 8 heteroatoms. The fourth-order valence-corrected chi connectivity index (χ4v) is 4.22. The first-order chi connectivity index (χ1) is 12.4. The van der Waals surface area contributed by atoms with Crippen LogP contribution in [0.4, 0.5) is 0 Å². The Morgan fingerprint density at radius 3 is 2.72 bits per heavy atom. The van der Waals surface area contributed by atoms with Crippen LogP contribution in [0, 0.1) is 0 Å². The predicted molar refractivity (Wildman–Crippen MR) is 94.2 cm³/mol. The van der Waals surface area contributed by atoms with Gasteiger partial charge in [-0.2, -0.15) is 9.61 Å². The molecule has 0 radical (unpaired) electrons. The second-order valence-corrected chi connectivity index (χ2v) is 7.37. The SMILES string of the molecule is c1cc2c(cc1-c1nn3c(CN4CCCCC4)nnc3s1)OCCO2. The molecular weight excluding hydrogens is 338 g/mol. The molecular formula is C17H19N5O2S. The van der Waals surface area contributed by atoms with E-state index in [4.69, 9.17) is 14.6 Å². The Balaban J connectivity index is 1.44. The zero-order chi connectivity index (χ0) is 16.6. The van der Waals surface area contributed by atoms with E-state index in [0.29, 0.717) is 13.2 Å². The third-order valence-electron chi connectivity index (χ3n) is 4.66. The monoisotopic (exact) mass is 357 g/mol. The number of aromatic nitrogens is 4. The molecule has 0 unspecified atom stereocenters. The molecule has 25 heavy (non-hydrogen) atoms. The predicted octanol–water partition coefficient (Wildman–Crippen LogP) is 2.61. The van der Waals surface area contributed by atoms with Gasteiger partial charge in [-0.05, 0) is 44.1 Å². The summed E-state index contributed by atoms with van der Waals surface area (Å²) in [5.41, 5.74) is 1.02. The Morgan fingerprint density at radius 1 is 1.00 bits per heavy atom. The first-order valence-electron chi connectivity index (χ1n) is 8.70. The van der Waals surface area contributed by atoms with Gasteiger partial charge in [0.05, 0.1) is 6.54 Å². The number of piperidine rings is 1. The summed E-state index contributed by atoms with van der Waals surface area (Å²) >= 11 is 1.55. The van der Waals surface area contributed by atoms with E-state index in [-0.39, 0.29) is 0 Å². The fraction of sp³-hybridized carbons (Fsp3) is 0.471. The van der Waals surface area contributed by atoms with Gasteiger partial charge in [0.1, 0.15) is 18.2 Å². The zero-order valence-corrected chi connectivity index (χ0v) is 14.7. The summed E-state index contributed by atoms with van der Waals surface area (Å²) in [6, 6.07) is 5.95. The van der Waals surface area contributed by atoms with Crippen molar-refractivity contribution in [2.45, 2.75) is 25.8 Å². The number of hydrogen-bond donors (Lipinski definition) is 0. The molecule has 1 saturated heterocycles. The van der Waals surface area contributed by atoms with Crippen LogP contribution in [0.3, 0.4) is 0 Å². The largest absolute Gasteiger partial charge is 0.486 e. The molecule has 0 amide bonds. The lowest BCUT2D eigenvalue weighted by molar-refractivity contribution is 0.171. The van der Waals surface area contributed by atoms with E-state index >= 15 is 0 Å². The molecule has 2 aliphatic heterocycles. The van der Waals surface area contributed by atoms with Crippen LogP contribution < -0.4 is 9.47 Å². The van der Waals surface area contributed by atoms with Gasteiger partial charge in [0.2, 0.25) is 4.96 Å². The van der Waals surface area contributed by atoms with Gasteiger partial charge in [-0.25, -0.2) is 0 Å². The highest BCUT2D eigenvalue weighted by Gasteiger charge is 2.19. The van der Waals surface area contributed by atoms with Gasteiger partial charge in [0, 0.05) is 5.56 Å². The molecule has 4 heterocycles. The quantitative estimate of drug-likeness (QED) is 0.718. The number of ether oxygens (including phenoxy) is 2. The normalized spacial score (nSPS) is 17.9. The molecule has 0 spiro atoms. The highest BCUT2D eigenvalue weighted by Crippen LogP contribution is 2.35. The lowest BCUT2D eigenvalue weighted by atomic mass is 10.1. The smallest absolute Gasteiger partial charge is 0.235 e. The maximum atomic E-state index is 5.68. The lowest BCUT2D eigenvalue weighted by Gasteiger charge is -2.25. The minimum atomic E-state index is 0.585. The summed E-state index contributed by atoms with van der Waals surface area (Å²) in [5.74, 6) is 2.49. The molecule has 0 aliphatic carbocycles. The summed E-state index contributed by atoms with van der Waals surface area (Å²) in [6.45, 7) is 4.26. The Bertz CT molecular complexity index is 900. The Hall–Kier alpha value is -2.19. The van der Waals surface area contributed by atoms with E-state index in [1.165, 1.54) is 19.3 Å². The van der Waals surface area contributed by atoms with Crippen molar-refractivity contribution >= 4 is 16.3 Å². The van der Waals surface area contributed by atoms with Crippen LogP contribution >= 0.6 is 11.3 Å². The highest BCUT2D eigenvalue weighted by molar-refractivity contribution is 7.19. The number of nitrogens with zero attached hydrogens (tertiary/aromatic N) is 5. The second kappa shape index (κ2) is 6.27. The Morgan fingerprint density at radius 2 is 1.84 bits per heavy atom. The van der Waals surface area contributed by atoms with Crippen molar-refractivity contribution in [1.29, 1.82) is 0 Å². The number of hydrogen-bond acceptors (Lipinski definition) is 7. The van der Waals surface area contributed by atoms with E-state index in [1.54, 1.807) is 11.3 Å². The minimum Gasteiger partial charge on any atom is -0.486 e. The maximum Gasteiger partial charge on any atom is 0.235 e. The molecule has 1 aromatic carbocycles. The molecule has 0 bridgehead atoms. The standard InChI is InChI=1S/C17H19N5O2S/c1-2-6-21(7-3-1)11-15-18-19-17-22(15)20-16(25-17)12-4-5-13-14(10-12)24-9-8-23-13/h4-5,10H,1-3,6-9,11H2. The summed E-state index contributed by atoms with van der Waals surface area (Å²) in [5, 5.41) is 14.3. The van der Waals surface area contributed by atoms with Crippen molar-refractivity contribution in [3.8, 4) is 22.1 Å². The lowest BCUT2D eigenvalue weighted by Crippen LogP contribution is -2.30. The molecule has 0 atom stereocenters. The maximum absolute atomic E-state index is 5.68. The van der Waals surface area contributed by atoms with Crippen molar-refractivity contribution in [2.24, 2.45) is 0 Å². The fourth-order valence-electron chi connectivity index (χ4n) is 3.37. The third kappa shape index (κ3) is 2.85. The highest BCUT2D eigenvalue weighted by atomic mass is 32.1. The van der Waals surface area contributed by atoms with Gasteiger partial charge in [-0.3, -0.25) is 4.90 Å². The van der Waals surface area contributed by atoms with E-state index in [1.807, 2.05) is 22.7 Å². The first-order valence-corrected chi connectivity index (χ1v) is 9.52. The molecule has 130 valence electrons. The minimum absolute atomic E-state index is 0.585. The molecule has 1 fully saturated rings. The van der Waals surface area contributed by atoms with E-state index in [0.717, 1.165) is 52.5 Å². The van der Waals surface area contributed by atoms with Crippen molar-refractivity contribution in [2.75, 3.05) is 26.3 Å². The van der Waals surface area contributed by atoms with Gasteiger partial charge in [-0.15, -0.1) is 10.2 Å². The number of likely N-dealkylation sites (tertiary alicyclic amines) is 1. The van der Waals surface area contributed by atoms with Gasteiger partial charge < -0.3 is 9.47 Å². The summed E-state index contributed by atoms with van der Waals surface area (Å²) in [4.78, 5) is 3.26. The van der Waals surface area contributed by atoms with Crippen molar-refractivity contribution < 1.29 is 9.47 Å². The molecule has 2 aliphatic rings. The molecule has 5 rings (SSSR count). The summed E-state index contributed by atoms with van der Waals surface area (Å²) in [6.07, 6.45) is 3.86. The molecule has 0 saturated carbocycles. The topological polar surface area (TPSA) is 64.8 Å². The van der Waals surface area contributed by atoms with Crippen LogP contribution in [0.1, 0.15) is 25.1 Å². The number of benzene rings is 1. The molecule has 3 aromatic rings. The van der Waals surface area contributed by atoms with Crippen LogP contribution in [0.2, 0.25) is 0 Å². The third-order valence-corrected chi connectivity index (χ3v) is 5.61. The van der Waals surface area contributed by atoms with E-state index in [9.17, 15) is 0 Å². The average Bonchev–Trinajstić information content (AvgIpc) is 3.24. The zero-order valence-electron chi connectivity index (χ0n) is 13.8. The van der Waals surface area contributed by atoms with E-state index < -0.39 is 0 Å². The molecule has 7 nitrogen and oxygen atoms in total. The Labute approximate surface area is 149 Å². The van der Waals surface area contributed by atoms with Crippen molar-refractivity contribution in [1.82, 2.24) is 24.7 Å². The van der Waals surface area contributed by atoms with Gasteiger partial charge in [-0.1, -0.05) is 17.8 Å². The number of fused-ring (bicyclic) bond motifs is 2. The number of rotatable bonds is 3. The van der Waals surface area contributed by atoms with Crippen molar-refractivity contribution in [3.05, 3.63) is 24.0 Å². The van der Waals surface area contributed by atoms with Gasteiger partial charge in [0.25, 0.3) is 0 Å². The molecule has 0 N–H and O–H groups in total. The van der Waals surface area contributed by atoms with E-state index in [2.05, 4.69) is 15.1 Å². The van der Waals surface area contributed by atoms with Crippen LogP contribution in [-0.4, -0.2) is 51.0 Å². The average molecular weight is 357 g/mol. The van der Waals surface area contributed by atoms with Crippen molar-refractivity contribution in [3.63, 3.8) is 0 Å². The van der Waals surface area contributed by atoms with Crippen LogP contribution in [0.25, 0.3) is 15.5 Å². The van der Waals surface area contributed by atoms with Crippen LogP contribution in [0.5, 0.6) is 11.5 Å². The Kier molecular flexibility index (Phi) is 3.79. The first kappa shape index (κ1) is 15.1. The van der Waals surface area contributed by atoms with Crippen LogP contribution in [0.15, 0.2) is 18.2 Å². The van der Waals surface area contributed by atoms with Crippen LogP contribution in [-0.2, 0) is 6.54 Å². The second-order valence-electron chi connectivity index (χ2n) is 6.41. The molecule has 2 aromatic heterocycles. The van der Waals surface area contributed by atoms with Gasteiger partial charge in [0.15, 0.2) is 17.3 Å². The van der Waals surface area contributed by atoms with Gasteiger partial charge >= 0.3 is 0 Å².